The molecule has 0 fully saturated rings. The number of ether oxygens (including phenoxy) is 2. The Morgan fingerprint density at radius 1 is 0.789 bits per heavy atom. The number of hydrogen-bond donors (Lipinski definition) is 0. The molecule has 2 unspecified atom stereocenters. The number of hydrogen-bond acceptors (Lipinski definition) is 4. The van der Waals surface area contributed by atoms with E-state index in [-0.39, 0.29) is 24.1 Å². The van der Waals surface area contributed by atoms with Gasteiger partial charge in [0.25, 0.3) is 0 Å². The van der Waals surface area contributed by atoms with E-state index < -0.39 is 0 Å². The first-order valence-electron chi connectivity index (χ1n) is 14.5. The van der Waals surface area contributed by atoms with Crippen LogP contribution in [0.1, 0.15) is 120 Å². The smallest absolute Gasteiger partial charge is 0.338 e. The lowest BCUT2D eigenvalue weighted by atomic mass is 9.73. The largest absolute Gasteiger partial charge is 0.459 e. The second kappa shape index (κ2) is 19.2. The second-order valence-electron chi connectivity index (χ2n) is 10.2. The first-order valence-corrected chi connectivity index (χ1v) is 14.5. The molecule has 0 radical (unpaired) electrons. The first kappa shape index (κ1) is 33.1. The third-order valence-corrected chi connectivity index (χ3v) is 7.00. The molecule has 4 heteroatoms. The summed E-state index contributed by atoms with van der Waals surface area (Å²) in [4.78, 5) is 24.3. The summed E-state index contributed by atoms with van der Waals surface area (Å²) in [6.07, 6.45) is 12.8. The molecule has 2 atom stereocenters. The van der Waals surface area contributed by atoms with Crippen LogP contribution >= 0.6 is 0 Å². The molecule has 2 rings (SSSR count). The Morgan fingerprint density at radius 3 is 1.71 bits per heavy atom. The molecule has 0 saturated carbocycles. The SMILES string of the molecule is C=CCCC(CC)(CCC)CCC.CCCC(CC(C)OC(=O)c1ccccc1)OC(=O)c1ccccc1. The highest BCUT2D eigenvalue weighted by Crippen LogP contribution is 2.38. The lowest BCUT2D eigenvalue weighted by Crippen LogP contribution is -2.25. The maximum atomic E-state index is 12.2. The van der Waals surface area contributed by atoms with E-state index in [4.69, 9.17) is 9.47 Å². The van der Waals surface area contributed by atoms with Crippen molar-refractivity contribution in [1.82, 2.24) is 0 Å². The average Bonchev–Trinajstić information content (AvgIpc) is 2.93. The molecule has 0 heterocycles. The van der Waals surface area contributed by atoms with Gasteiger partial charge < -0.3 is 9.47 Å². The normalized spacial score (nSPS) is 12.4. The summed E-state index contributed by atoms with van der Waals surface area (Å²) in [5.74, 6) is -0.710. The highest BCUT2D eigenvalue weighted by molar-refractivity contribution is 5.90. The van der Waals surface area contributed by atoms with Gasteiger partial charge in [-0.2, -0.15) is 0 Å². The van der Waals surface area contributed by atoms with E-state index in [9.17, 15) is 9.59 Å². The zero-order valence-corrected chi connectivity index (χ0v) is 24.4. The summed E-state index contributed by atoms with van der Waals surface area (Å²) in [6.45, 7) is 14.6. The van der Waals surface area contributed by atoms with Crippen LogP contribution in [0.15, 0.2) is 73.3 Å². The maximum absolute atomic E-state index is 12.2. The summed E-state index contributed by atoms with van der Waals surface area (Å²) in [5, 5.41) is 0. The highest BCUT2D eigenvalue weighted by atomic mass is 16.6. The quantitative estimate of drug-likeness (QED) is 0.163. The van der Waals surface area contributed by atoms with Crippen LogP contribution in [0.25, 0.3) is 0 Å². The van der Waals surface area contributed by atoms with Crippen LogP contribution in [-0.4, -0.2) is 24.1 Å². The molecule has 0 aliphatic rings. The van der Waals surface area contributed by atoms with Gasteiger partial charge in [-0.15, -0.1) is 6.58 Å². The summed E-state index contributed by atoms with van der Waals surface area (Å²) in [7, 11) is 0. The fraction of sp³-hybridized carbons (Fsp3) is 0.529. The Hall–Kier alpha value is -2.88. The van der Waals surface area contributed by atoms with E-state index in [1.807, 2.05) is 26.0 Å². The van der Waals surface area contributed by atoms with Crippen molar-refractivity contribution in [3.63, 3.8) is 0 Å². The number of benzene rings is 2. The Bertz CT molecular complexity index is 901. The predicted octanol–water partition coefficient (Wildman–Crippen LogP) is 9.60. The topological polar surface area (TPSA) is 52.6 Å². The van der Waals surface area contributed by atoms with Crippen molar-refractivity contribution in [2.45, 2.75) is 111 Å². The Morgan fingerprint density at radius 2 is 1.29 bits per heavy atom. The molecule has 210 valence electrons. The van der Waals surface area contributed by atoms with Crippen LogP contribution in [0.5, 0.6) is 0 Å². The molecule has 0 spiro atoms. The molecule has 2 aromatic carbocycles. The maximum Gasteiger partial charge on any atom is 0.338 e. The fourth-order valence-electron chi connectivity index (χ4n) is 4.96. The molecule has 0 saturated heterocycles. The summed E-state index contributed by atoms with van der Waals surface area (Å²) >= 11 is 0. The average molecular weight is 523 g/mol. The molecule has 4 nitrogen and oxygen atoms in total. The second-order valence-corrected chi connectivity index (χ2v) is 10.2. The van der Waals surface area contributed by atoms with Gasteiger partial charge in [0.05, 0.1) is 11.1 Å². The molecular formula is C34H50O4. The number of esters is 2. The van der Waals surface area contributed by atoms with Gasteiger partial charge in [-0.1, -0.05) is 95.9 Å². The van der Waals surface area contributed by atoms with Crippen LogP contribution in [0.4, 0.5) is 0 Å². The molecular weight excluding hydrogens is 472 g/mol. The van der Waals surface area contributed by atoms with Gasteiger partial charge in [-0.25, -0.2) is 9.59 Å². The Kier molecular flexibility index (Phi) is 16.8. The van der Waals surface area contributed by atoms with E-state index in [2.05, 4.69) is 33.4 Å². The molecule has 0 N–H and O–H groups in total. The molecule has 0 aromatic heterocycles. The lowest BCUT2D eigenvalue weighted by molar-refractivity contribution is 0.00162. The first-order chi connectivity index (χ1) is 18.3. The standard InChI is InChI=1S/C21H24O4.C13H26/c1-3-10-19(25-21(23)18-13-8-5-9-14-18)15-16(2)24-20(22)17-11-6-4-7-12-17;1-5-9-12-13(8-4,10-6-2)11-7-3/h4-9,11-14,16,19H,3,10,15H2,1-2H3;5H,1,6-12H2,2-4H3. The van der Waals surface area contributed by atoms with Crippen molar-refractivity contribution < 1.29 is 19.1 Å². The van der Waals surface area contributed by atoms with Crippen LogP contribution in [-0.2, 0) is 9.47 Å². The van der Waals surface area contributed by atoms with Gasteiger partial charge in [0, 0.05) is 6.42 Å². The van der Waals surface area contributed by atoms with Crippen molar-refractivity contribution in [2.75, 3.05) is 0 Å². The van der Waals surface area contributed by atoms with Crippen LogP contribution in [0.3, 0.4) is 0 Å². The van der Waals surface area contributed by atoms with E-state index in [0.29, 0.717) is 23.0 Å². The predicted molar refractivity (Wildman–Crippen MR) is 158 cm³/mol. The minimum atomic E-state index is -0.363. The van der Waals surface area contributed by atoms with Gasteiger partial charge in [0.15, 0.2) is 0 Å². The lowest BCUT2D eigenvalue weighted by Gasteiger charge is -2.32. The number of rotatable bonds is 16. The molecule has 38 heavy (non-hydrogen) atoms. The summed E-state index contributed by atoms with van der Waals surface area (Å²) in [5.41, 5.74) is 1.66. The molecule has 0 aliphatic carbocycles. The third-order valence-electron chi connectivity index (χ3n) is 7.00. The van der Waals surface area contributed by atoms with E-state index in [1.165, 1.54) is 44.9 Å². The number of carbonyl (C=O) groups is 2. The van der Waals surface area contributed by atoms with Crippen molar-refractivity contribution in [3.8, 4) is 0 Å². The minimum absolute atomic E-state index is 0.281. The molecule has 0 amide bonds. The Balaban J connectivity index is 0.000000471. The van der Waals surface area contributed by atoms with Gasteiger partial charge >= 0.3 is 11.9 Å². The third kappa shape index (κ3) is 12.6. The van der Waals surface area contributed by atoms with Gasteiger partial charge in [-0.3, -0.25) is 0 Å². The number of carbonyl (C=O) groups excluding carboxylic acids is 2. The monoisotopic (exact) mass is 522 g/mol. The van der Waals surface area contributed by atoms with Gasteiger partial charge in [0.2, 0.25) is 0 Å². The van der Waals surface area contributed by atoms with E-state index >= 15 is 0 Å². The van der Waals surface area contributed by atoms with Gasteiger partial charge in [-0.05, 0) is 68.7 Å². The van der Waals surface area contributed by atoms with E-state index in [1.54, 1.807) is 48.5 Å². The summed E-state index contributed by atoms with van der Waals surface area (Å²) in [6, 6.07) is 17.8. The van der Waals surface area contributed by atoms with Gasteiger partial charge in [0.1, 0.15) is 12.2 Å². The van der Waals surface area contributed by atoms with Crippen molar-refractivity contribution in [2.24, 2.45) is 5.41 Å². The van der Waals surface area contributed by atoms with Crippen molar-refractivity contribution >= 4 is 11.9 Å². The Labute approximate surface area is 231 Å². The van der Waals surface area contributed by atoms with Crippen molar-refractivity contribution in [1.29, 1.82) is 0 Å². The molecule has 2 aromatic rings. The number of allylic oxidation sites excluding steroid dienone is 1. The zero-order valence-electron chi connectivity index (χ0n) is 24.4. The summed E-state index contributed by atoms with van der Waals surface area (Å²) < 4.78 is 11.1. The van der Waals surface area contributed by atoms with Crippen LogP contribution in [0.2, 0.25) is 0 Å². The van der Waals surface area contributed by atoms with Crippen molar-refractivity contribution in [3.05, 3.63) is 84.4 Å². The van der Waals surface area contributed by atoms with Crippen LogP contribution < -0.4 is 0 Å². The highest BCUT2D eigenvalue weighted by Gasteiger charge is 2.25. The van der Waals surface area contributed by atoms with Crippen LogP contribution in [0, 0.1) is 5.41 Å². The molecule has 0 aliphatic heterocycles. The minimum Gasteiger partial charge on any atom is -0.459 e. The van der Waals surface area contributed by atoms with E-state index in [0.717, 1.165) is 12.8 Å². The zero-order chi connectivity index (χ0) is 28.2. The molecule has 0 bridgehead atoms. The fourth-order valence-corrected chi connectivity index (χ4v) is 4.96.